The number of hydrogen-bond donors (Lipinski definition) is 1. The standard InChI is InChI=1S/C15H23Cl2N3/c1-19-7-9-20(10-8-19)6-2-5-18-12-13-3-4-14(16)11-15(13)17/h3-4,11,18H,2,5-10,12H2,1H3. The smallest absolute Gasteiger partial charge is 0.0465 e. The highest BCUT2D eigenvalue weighted by Crippen LogP contribution is 2.20. The molecule has 1 aliphatic rings. The number of likely N-dealkylation sites (N-methyl/N-ethyl adjacent to an activating group) is 1. The lowest BCUT2D eigenvalue weighted by atomic mass is 10.2. The van der Waals surface area contributed by atoms with Crippen LogP contribution < -0.4 is 5.32 Å². The molecule has 1 aromatic rings. The van der Waals surface area contributed by atoms with Gasteiger partial charge in [0, 0.05) is 42.8 Å². The summed E-state index contributed by atoms with van der Waals surface area (Å²) in [5.41, 5.74) is 1.11. The second-order valence-electron chi connectivity index (χ2n) is 5.41. The fraction of sp³-hybridized carbons (Fsp3) is 0.600. The highest BCUT2D eigenvalue weighted by Gasteiger charge is 2.12. The second-order valence-corrected chi connectivity index (χ2v) is 6.25. The van der Waals surface area contributed by atoms with E-state index in [4.69, 9.17) is 23.2 Å². The molecule has 1 fully saturated rings. The molecule has 0 spiro atoms. The van der Waals surface area contributed by atoms with E-state index in [0.717, 1.165) is 23.7 Å². The molecule has 0 saturated carbocycles. The first-order valence-corrected chi connectivity index (χ1v) is 7.96. The molecular formula is C15H23Cl2N3. The number of rotatable bonds is 6. The van der Waals surface area contributed by atoms with E-state index in [0.29, 0.717) is 5.02 Å². The third kappa shape index (κ3) is 5.23. The highest BCUT2D eigenvalue weighted by molar-refractivity contribution is 6.35. The van der Waals surface area contributed by atoms with Gasteiger partial charge in [-0.3, -0.25) is 0 Å². The first-order chi connectivity index (χ1) is 9.65. The molecule has 1 saturated heterocycles. The highest BCUT2D eigenvalue weighted by atomic mass is 35.5. The zero-order chi connectivity index (χ0) is 14.4. The Labute approximate surface area is 131 Å². The molecule has 3 nitrogen and oxygen atoms in total. The van der Waals surface area contributed by atoms with Crippen molar-refractivity contribution in [1.82, 2.24) is 15.1 Å². The van der Waals surface area contributed by atoms with Crippen LogP contribution in [0.25, 0.3) is 0 Å². The largest absolute Gasteiger partial charge is 0.313 e. The molecule has 1 N–H and O–H groups in total. The van der Waals surface area contributed by atoms with Crippen LogP contribution in [-0.4, -0.2) is 56.1 Å². The molecule has 0 aromatic heterocycles. The van der Waals surface area contributed by atoms with E-state index in [1.807, 2.05) is 12.1 Å². The molecule has 1 aliphatic heterocycles. The Morgan fingerprint density at radius 2 is 1.90 bits per heavy atom. The maximum Gasteiger partial charge on any atom is 0.0465 e. The van der Waals surface area contributed by atoms with Gasteiger partial charge in [-0.05, 0) is 44.3 Å². The monoisotopic (exact) mass is 315 g/mol. The van der Waals surface area contributed by atoms with Crippen LogP contribution in [0.2, 0.25) is 10.0 Å². The average molecular weight is 316 g/mol. The van der Waals surface area contributed by atoms with Crippen molar-refractivity contribution < 1.29 is 0 Å². The van der Waals surface area contributed by atoms with Crippen molar-refractivity contribution in [3.63, 3.8) is 0 Å². The van der Waals surface area contributed by atoms with Crippen molar-refractivity contribution in [1.29, 1.82) is 0 Å². The lowest BCUT2D eigenvalue weighted by Crippen LogP contribution is -2.45. The normalized spacial score (nSPS) is 17.6. The van der Waals surface area contributed by atoms with E-state index in [-0.39, 0.29) is 0 Å². The number of nitrogens with one attached hydrogen (secondary N) is 1. The van der Waals surface area contributed by atoms with Gasteiger partial charge in [0.1, 0.15) is 0 Å². The molecule has 20 heavy (non-hydrogen) atoms. The van der Waals surface area contributed by atoms with Crippen molar-refractivity contribution in [3.05, 3.63) is 33.8 Å². The van der Waals surface area contributed by atoms with Crippen LogP contribution in [0.5, 0.6) is 0 Å². The minimum Gasteiger partial charge on any atom is -0.313 e. The van der Waals surface area contributed by atoms with E-state index >= 15 is 0 Å². The fourth-order valence-corrected chi connectivity index (χ4v) is 2.86. The molecular weight excluding hydrogens is 293 g/mol. The molecule has 1 aromatic carbocycles. The van der Waals surface area contributed by atoms with Crippen LogP contribution in [0, 0.1) is 0 Å². The Bertz CT molecular complexity index is 418. The molecule has 2 rings (SSSR count). The van der Waals surface area contributed by atoms with E-state index in [1.165, 1.54) is 39.1 Å². The Hall–Kier alpha value is -0.320. The third-order valence-corrected chi connectivity index (χ3v) is 4.34. The minimum absolute atomic E-state index is 0.689. The summed E-state index contributed by atoms with van der Waals surface area (Å²) in [6.45, 7) is 7.76. The van der Waals surface area contributed by atoms with E-state index in [9.17, 15) is 0 Å². The van der Waals surface area contributed by atoms with Crippen molar-refractivity contribution >= 4 is 23.2 Å². The molecule has 5 heteroatoms. The van der Waals surface area contributed by atoms with Crippen LogP contribution in [0.4, 0.5) is 0 Å². The van der Waals surface area contributed by atoms with Gasteiger partial charge < -0.3 is 15.1 Å². The summed E-state index contributed by atoms with van der Waals surface area (Å²) < 4.78 is 0. The van der Waals surface area contributed by atoms with Gasteiger partial charge in [0.05, 0.1) is 0 Å². The van der Waals surface area contributed by atoms with Crippen molar-refractivity contribution in [2.24, 2.45) is 0 Å². The molecule has 0 radical (unpaired) electrons. The molecule has 0 amide bonds. The van der Waals surface area contributed by atoms with Crippen LogP contribution in [0.3, 0.4) is 0 Å². The van der Waals surface area contributed by atoms with Gasteiger partial charge in [-0.2, -0.15) is 0 Å². The van der Waals surface area contributed by atoms with Crippen molar-refractivity contribution in [2.45, 2.75) is 13.0 Å². The number of benzene rings is 1. The van der Waals surface area contributed by atoms with Crippen LogP contribution >= 0.6 is 23.2 Å². The second kappa shape index (κ2) is 8.20. The topological polar surface area (TPSA) is 18.5 Å². The Kier molecular flexibility index (Phi) is 6.59. The Morgan fingerprint density at radius 3 is 2.60 bits per heavy atom. The van der Waals surface area contributed by atoms with Crippen LogP contribution in [-0.2, 0) is 6.54 Å². The summed E-state index contributed by atoms with van der Waals surface area (Å²) in [7, 11) is 2.19. The molecule has 112 valence electrons. The average Bonchev–Trinajstić information content (AvgIpc) is 2.42. The summed E-state index contributed by atoms with van der Waals surface area (Å²) >= 11 is 12.0. The van der Waals surface area contributed by atoms with E-state index < -0.39 is 0 Å². The molecule has 1 heterocycles. The maximum absolute atomic E-state index is 6.14. The van der Waals surface area contributed by atoms with Crippen molar-refractivity contribution in [3.8, 4) is 0 Å². The zero-order valence-electron chi connectivity index (χ0n) is 12.0. The fourth-order valence-electron chi connectivity index (χ4n) is 2.39. The zero-order valence-corrected chi connectivity index (χ0v) is 13.6. The summed E-state index contributed by atoms with van der Waals surface area (Å²) in [5, 5.41) is 4.87. The molecule has 0 bridgehead atoms. The molecule has 0 aliphatic carbocycles. The Morgan fingerprint density at radius 1 is 1.15 bits per heavy atom. The van der Waals surface area contributed by atoms with Gasteiger partial charge in [-0.25, -0.2) is 0 Å². The number of piperazine rings is 1. The number of hydrogen-bond acceptors (Lipinski definition) is 3. The minimum atomic E-state index is 0.689. The van der Waals surface area contributed by atoms with Gasteiger partial charge in [-0.1, -0.05) is 29.3 Å². The maximum atomic E-state index is 6.14. The molecule has 0 unspecified atom stereocenters. The van der Waals surface area contributed by atoms with E-state index in [1.54, 1.807) is 6.07 Å². The summed E-state index contributed by atoms with van der Waals surface area (Å²) in [4.78, 5) is 4.92. The predicted octanol–water partition coefficient (Wildman–Crippen LogP) is 2.72. The first-order valence-electron chi connectivity index (χ1n) is 7.21. The number of nitrogens with zero attached hydrogens (tertiary/aromatic N) is 2. The van der Waals surface area contributed by atoms with Gasteiger partial charge in [0.25, 0.3) is 0 Å². The van der Waals surface area contributed by atoms with Gasteiger partial charge >= 0.3 is 0 Å². The van der Waals surface area contributed by atoms with Gasteiger partial charge in [-0.15, -0.1) is 0 Å². The third-order valence-electron chi connectivity index (χ3n) is 3.75. The van der Waals surface area contributed by atoms with Crippen molar-refractivity contribution in [2.75, 3.05) is 46.3 Å². The van der Waals surface area contributed by atoms with Crippen LogP contribution in [0.1, 0.15) is 12.0 Å². The summed E-state index contributed by atoms with van der Waals surface area (Å²) in [6.07, 6.45) is 1.18. The summed E-state index contributed by atoms with van der Waals surface area (Å²) in [5.74, 6) is 0. The number of halogens is 2. The summed E-state index contributed by atoms with van der Waals surface area (Å²) in [6, 6.07) is 5.66. The quantitative estimate of drug-likeness (QED) is 0.814. The first kappa shape index (κ1) is 16.1. The van der Waals surface area contributed by atoms with Gasteiger partial charge in [0.2, 0.25) is 0 Å². The predicted molar refractivity (Wildman–Crippen MR) is 86.7 cm³/mol. The van der Waals surface area contributed by atoms with Crippen LogP contribution in [0.15, 0.2) is 18.2 Å². The lowest BCUT2D eigenvalue weighted by Gasteiger charge is -2.32. The van der Waals surface area contributed by atoms with Gasteiger partial charge in [0.15, 0.2) is 0 Å². The van der Waals surface area contributed by atoms with E-state index in [2.05, 4.69) is 22.2 Å². The SMILES string of the molecule is CN1CCN(CCCNCc2ccc(Cl)cc2Cl)CC1. The molecule has 0 atom stereocenters. The Balaban J connectivity index is 1.59. The lowest BCUT2D eigenvalue weighted by molar-refractivity contribution is 0.153.